The molecule has 20 heavy (non-hydrogen) atoms. The summed E-state index contributed by atoms with van der Waals surface area (Å²) in [5, 5.41) is 2.87. The summed E-state index contributed by atoms with van der Waals surface area (Å²) in [5.41, 5.74) is 1.78. The second-order valence-electron chi connectivity index (χ2n) is 4.32. The molecule has 2 rings (SSSR count). The zero-order valence-electron chi connectivity index (χ0n) is 11.5. The first-order chi connectivity index (χ1) is 9.69. The molecule has 1 heterocycles. The summed E-state index contributed by atoms with van der Waals surface area (Å²) in [5.74, 6) is 2.55. The number of methoxy groups -OCH3 is 1. The number of ether oxygens (including phenoxy) is 1. The first kappa shape index (κ1) is 14.5. The molecule has 1 aromatic carbocycles. The van der Waals surface area contributed by atoms with E-state index in [0.717, 1.165) is 11.3 Å². The van der Waals surface area contributed by atoms with Gasteiger partial charge in [0.25, 0.3) is 0 Å². The molecule has 0 aliphatic heterocycles. The topological polar surface area (TPSA) is 51.5 Å². The van der Waals surface area contributed by atoms with Crippen LogP contribution in [0.15, 0.2) is 41.0 Å². The average Bonchev–Trinajstić information content (AvgIpc) is 2.92. The minimum absolute atomic E-state index is 0.0505. The fraction of sp³-hybridized carbons (Fsp3) is 0.267. The fourth-order valence-electron chi connectivity index (χ4n) is 1.74. The highest BCUT2D eigenvalue weighted by Crippen LogP contribution is 2.25. The molecule has 0 atom stereocenters. The van der Waals surface area contributed by atoms with E-state index in [-0.39, 0.29) is 5.91 Å². The number of nitrogens with one attached hydrogen (secondary N) is 1. The number of hydrogen-bond donors (Lipinski definition) is 1. The Hall–Kier alpha value is -1.88. The Bertz CT molecular complexity index is 567. The van der Waals surface area contributed by atoms with Gasteiger partial charge in [-0.1, -0.05) is 6.07 Å². The number of carbonyl (C=O) groups is 1. The molecule has 0 aliphatic rings. The maximum atomic E-state index is 11.9. The number of thioether (sulfide) groups is 1. The molecule has 106 valence electrons. The van der Waals surface area contributed by atoms with Crippen molar-refractivity contribution in [1.29, 1.82) is 0 Å². The zero-order chi connectivity index (χ0) is 14.4. The second-order valence-corrected chi connectivity index (χ2v) is 5.31. The summed E-state index contributed by atoms with van der Waals surface area (Å²) >= 11 is 1.51. The molecule has 0 aliphatic carbocycles. The van der Waals surface area contributed by atoms with Gasteiger partial charge in [0, 0.05) is 0 Å². The quantitative estimate of drug-likeness (QED) is 0.885. The van der Waals surface area contributed by atoms with Gasteiger partial charge in [-0.3, -0.25) is 4.79 Å². The van der Waals surface area contributed by atoms with Crippen molar-refractivity contribution in [3.05, 3.63) is 47.9 Å². The molecule has 2 aromatic rings. The van der Waals surface area contributed by atoms with Gasteiger partial charge in [-0.15, -0.1) is 11.8 Å². The maximum Gasteiger partial charge on any atom is 0.234 e. The number of carbonyl (C=O) groups excluding carboxylic acids is 1. The highest BCUT2D eigenvalue weighted by molar-refractivity contribution is 7.99. The molecule has 4 nitrogen and oxygen atoms in total. The van der Waals surface area contributed by atoms with Crippen LogP contribution in [-0.4, -0.2) is 18.8 Å². The van der Waals surface area contributed by atoms with Crippen LogP contribution in [-0.2, 0) is 10.5 Å². The van der Waals surface area contributed by atoms with Crippen LogP contribution < -0.4 is 10.1 Å². The van der Waals surface area contributed by atoms with E-state index in [2.05, 4.69) is 5.32 Å². The fourth-order valence-corrected chi connectivity index (χ4v) is 2.47. The van der Waals surface area contributed by atoms with Crippen molar-refractivity contribution in [2.75, 3.05) is 18.2 Å². The number of aryl methyl sites for hydroxylation is 1. The third-order valence-electron chi connectivity index (χ3n) is 2.69. The van der Waals surface area contributed by atoms with Crippen LogP contribution >= 0.6 is 11.8 Å². The van der Waals surface area contributed by atoms with E-state index in [1.54, 1.807) is 13.4 Å². The lowest BCUT2D eigenvalue weighted by molar-refractivity contribution is -0.113. The number of rotatable bonds is 6. The van der Waals surface area contributed by atoms with Gasteiger partial charge in [-0.25, -0.2) is 0 Å². The molecule has 1 amide bonds. The Balaban J connectivity index is 1.86. The Morgan fingerprint density at radius 2 is 2.25 bits per heavy atom. The van der Waals surface area contributed by atoms with Crippen LogP contribution in [0.4, 0.5) is 5.69 Å². The van der Waals surface area contributed by atoms with Crippen molar-refractivity contribution in [1.82, 2.24) is 0 Å². The number of amides is 1. The highest BCUT2D eigenvalue weighted by Gasteiger charge is 2.08. The maximum absolute atomic E-state index is 11.9. The summed E-state index contributed by atoms with van der Waals surface area (Å²) in [6.45, 7) is 1.97. The van der Waals surface area contributed by atoms with E-state index in [4.69, 9.17) is 9.15 Å². The lowest BCUT2D eigenvalue weighted by Gasteiger charge is -2.10. The average molecular weight is 291 g/mol. The number of benzene rings is 1. The van der Waals surface area contributed by atoms with Crippen molar-refractivity contribution in [3.63, 3.8) is 0 Å². The van der Waals surface area contributed by atoms with Crippen molar-refractivity contribution < 1.29 is 13.9 Å². The lowest BCUT2D eigenvalue weighted by Crippen LogP contribution is -2.15. The Labute approximate surface area is 122 Å². The van der Waals surface area contributed by atoms with Crippen LogP contribution in [0.3, 0.4) is 0 Å². The lowest BCUT2D eigenvalue weighted by atomic mass is 10.2. The Kier molecular flexibility index (Phi) is 5.12. The van der Waals surface area contributed by atoms with Gasteiger partial charge in [0.2, 0.25) is 5.91 Å². The third kappa shape index (κ3) is 4.06. The van der Waals surface area contributed by atoms with Crippen molar-refractivity contribution >= 4 is 23.4 Å². The van der Waals surface area contributed by atoms with E-state index < -0.39 is 0 Å². The van der Waals surface area contributed by atoms with Gasteiger partial charge in [0.15, 0.2) is 0 Å². The van der Waals surface area contributed by atoms with E-state index >= 15 is 0 Å². The van der Waals surface area contributed by atoms with E-state index in [0.29, 0.717) is 22.9 Å². The van der Waals surface area contributed by atoms with Gasteiger partial charge in [0.1, 0.15) is 11.5 Å². The smallest absolute Gasteiger partial charge is 0.234 e. The van der Waals surface area contributed by atoms with E-state index in [9.17, 15) is 4.79 Å². The molecule has 0 fully saturated rings. The van der Waals surface area contributed by atoms with Crippen molar-refractivity contribution in [2.45, 2.75) is 12.7 Å². The van der Waals surface area contributed by atoms with Crippen LogP contribution in [0.5, 0.6) is 5.75 Å². The standard InChI is InChI=1S/C15H17NO3S/c1-11-5-6-14(18-2)13(8-11)16-15(17)10-20-9-12-4-3-7-19-12/h3-8H,9-10H2,1-2H3,(H,16,17). The normalized spacial score (nSPS) is 10.3. The monoisotopic (exact) mass is 291 g/mol. The van der Waals surface area contributed by atoms with Crippen LogP contribution in [0.25, 0.3) is 0 Å². The Morgan fingerprint density at radius 3 is 2.95 bits per heavy atom. The summed E-state index contributed by atoms with van der Waals surface area (Å²) in [6.07, 6.45) is 1.63. The summed E-state index contributed by atoms with van der Waals surface area (Å²) in [7, 11) is 1.59. The largest absolute Gasteiger partial charge is 0.495 e. The van der Waals surface area contributed by atoms with E-state index in [1.807, 2.05) is 37.3 Å². The van der Waals surface area contributed by atoms with Gasteiger partial charge in [-0.2, -0.15) is 0 Å². The molecular weight excluding hydrogens is 274 g/mol. The first-order valence-electron chi connectivity index (χ1n) is 6.23. The number of furan rings is 1. The molecule has 1 N–H and O–H groups in total. The van der Waals surface area contributed by atoms with Crippen LogP contribution in [0, 0.1) is 6.92 Å². The van der Waals surface area contributed by atoms with Crippen molar-refractivity contribution in [3.8, 4) is 5.75 Å². The third-order valence-corrected chi connectivity index (χ3v) is 3.64. The van der Waals surface area contributed by atoms with Gasteiger partial charge in [0.05, 0.1) is 30.6 Å². The van der Waals surface area contributed by atoms with Gasteiger partial charge < -0.3 is 14.5 Å². The summed E-state index contributed by atoms with van der Waals surface area (Å²) in [4.78, 5) is 11.9. The molecule has 0 unspecified atom stereocenters. The molecule has 0 spiro atoms. The predicted octanol–water partition coefficient (Wildman–Crippen LogP) is 3.47. The van der Waals surface area contributed by atoms with Crippen LogP contribution in [0.1, 0.15) is 11.3 Å². The molecule has 1 aromatic heterocycles. The first-order valence-corrected chi connectivity index (χ1v) is 7.39. The number of anilines is 1. The summed E-state index contributed by atoms with van der Waals surface area (Å²) < 4.78 is 10.4. The molecule has 0 saturated heterocycles. The van der Waals surface area contributed by atoms with Gasteiger partial charge >= 0.3 is 0 Å². The SMILES string of the molecule is COc1ccc(C)cc1NC(=O)CSCc1ccco1. The molecule has 5 heteroatoms. The summed E-state index contributed by atoms with van der Waals surface area (Å²) in [6, 6.07) is 9.43. The molecular formula is C15H17NO3S. The van der Waals surface area contributed by atoms with Crippen LogP contribution in [0.2, 0.25) is 0 Å². The molecule has 0 saturated carbocycles. The minimum Gasteiger partial charge on any atom is -0.495 e. The second kappa shape index (κ2) is 7.05. The molecule has 0 bridgehead atoms. The predicted molar refractivity (Wildman–Crippen MR) is 81.2 cm³/mol. The van der Waals surface area contributed by atoms with Crippen molar-refractivity contribution in [2.24, 2.45) is 0 Å². The minimum atomic E-state index is -0.0505. The van der Waals surface area contributed by atoms with E-state index in [1.165, 1.54) is 11.8 Å². The number of hydrogen-bond acceptors (Lipinski definition) is 4. The molecule has 0 radical (unpaired) electrons. The van der Waals surface area contributed by atoms with Gasteiger partial charge in [-0.05, 0) is 36.8 Å². The Morgan fingerprint density at radius 1 is 1.40 bits per heavy atom. The highest BCUT2D eigenvalue weighted by atomic mass is 32.2. The zero-order valence-corrected chi connectivity index (χ0v) is 12.3.